The molecule has 3 aromatic heterocycles. The number of halogens is 3. The second-order valence-electron chi connectivity index (χ2n) is 22.1. The molecule has 16 heteroatoms. The van der Waals surface area contributed by atoms with Crippen molar-refractivity contribution in [3.8, 4) is 39.1 Å². The molecule has 0 fully saturated rings. The molecule has 0 aliphatic heterocycles. The molecule has 3 N–H and O–H groups in total. The van der Waals surface area contributed by atoms with Crippen molar-refractivity contribution in [1.82, 2.24) is 13.7 Å². The topological polar surface area (TPSA) is 187 Å². The van der Waals surface area contributed by atoms with Crippen molar-refractivity contribution in [1.29, 1.82) is 0 Å². The molecule has 0 aliphatic carbocycles. The number of aryl methyl sites for hydroxylation is 3. The Hall–Kier alpha value is -9.83. The van der Waals surface area contributed by atoms with E-state index in [2.05, 4.69) is 58.0 Å². The normalized spacial score (nSPS) is 11.4. The average molecular weight is 1170 g/mol. The quantitative estimate of drug-likeness (QED) is 0.0551. The number of aliphatic carboxylic acids is 3. The minimum Gasteiger partial charge on any atom is -0.497 e. The lowest BCUT2D eigenvalue weighted by Gasteiger charge is -2.19. The number of ketones is 3. The third kappa shape index (κ3) is 14.2. The lowest BCUT2D eigenvalue weighted by atomic mass is 9.87. The van der Waals surface area contributed by atoms with Gasteiger partial charge in [0.05, 0.1) is 29.4 Å². The zero-order chi connectivity index (χ0) is 62.2. The Kier molecular flexibility index (Phi) is 19.1. The molecule has 0 aliphatic rings. The molecule has 13 nitrogen and oxygen atoms in total. The highest BCUT2D eigenvalue weighted by Crippen LogP contribution is 2.35. The second-order valence-corrected chi connectivity index (χ2v) is 22.1. The van der Waals surface area contributed by atoms with Crippen molar-refractivity contribution in [2.45, 2.75) is 98.5 Å². The maximum Gasteiger partial charge on any atom is 0.416 e. The van der Waals surface area contributed by atoms with Crippen LogP contribution in [0.2, 0.25) is 0 Å². The Morgan fingerprint density at radius 1 is 0.465 bits per heavy atom. The van der Waals surface area contributed by atoms with E-state index in [1.165, 1.54) is 23.9 Å². The Balaban J connectivity index is 0.000000169. The monoisotopic (exact) mass is 1170 g/mol. The lowest BCUT2D eigenvalue weighted by molar-refractivity contribution is -0.137. The third-order valence-corrected chi connectivity index (χ3v) is 15.0. The summed E-state index contributed by atoms with van der Waals surface area (Å²) in [5.74, 6) is -6.44. The highest BCUT2D eigenvalue weighted by molar-refractivity contribution is 6.43. The highest BCUT2D eigenvalue weighted by atomic mass is 19.4. The molecule has 86 heavy (non-hydrogen) atoms. The van der Waals surface area contributed by atoms with Crippen LogP contribution in [0.25, 0.3) is 66.1 Å². The highest BCUT2D eigenvalue weighted by Gasteiger charge is 2.30. The number of nitrogens with zero attached hydrogens (tertiary/aromatic N) is 3. The summed E-state index contributed by atoms with van der Waals surface area (Å²) in [6.45, 7) is 14.6. The van der Waals surface area contributed by atoms with E-state index in [0.29, 0.717) is 45.9 Å². The number of carbonyl (C=O) groups is 6. The third-order valence-electron chi connectivity index (χ3n) is 15.0. The molecule has 0 bridgehead atoms. The van der Waals surface area contributed by atoms with Gasteiger partial charge in [-0.1, -0.05) is 144 Å². The molecule has 10 aromatic rings. The number of carbonyl (C=O) groups excluding carboxylic acids is 3. The first-order valence-electron chi connectivity index (χ1n) is 28.1. The van der Waals surface area contributed by atoms with Crippen LogP contribution >= 0.6 is 0 Å². The molecule has 0 amide bonds. The fourth-order valence-corrected chi connectivity index (χ4v) is 10.2. The maximum absolute atomic E-state index is 12.8. The van der Waals surface area contributed by atoms with Gasteiger partial charge in [-0.3, -0.25) is 14.4 Å². The Labute approximate surface area is 495 Å². The van der Waals surface area contributed by atoms with Crippen LogP contribution in [0, 0.1) is 6.92 Å². The summed E-state index contributed by atoms with van der Waals surface area (Å²) in [7, 11) is 1.61. The SMILES string of the molecule is CCCCn1cc(C(=O)C(=O)O)c2cc(-c3ccc(C(F)(F)F)cc3)ccc21.CCCCn1cc(C(=O)C(=O)O)c2cc(-c3ccc(OC)cc3)ccc21.Cc1cccc(-c2ccc3c(c2)c(C(=O)C(=O)O)cn3Cc2ccc(C(C)(C)C)cc2)c1. The van der Waals surface area contributed by atoms with Gasteiger partial charge in [0.1, 0.15) is 5.75 Å². The van der Waals surface area contributed by atoms with Gasteiger partial charge in [-0.25, -0.2) is 14.4 Å². The van der Waals surface area contributed by atoms with Gasteiger partial charge in [0.2, 0.25) is 0 Å². The minimum atomic E-state index is -4.42. The van der Waals surface area contributed by atoms with E-state index in [-0.39, 0.29) is 22.1 Å². The molecule has 0 unspecified atom stereocenters. The largest absolute Gasteiger partial charge is 0.497 e. The molecule has 0 radical (unpaired) electrons. The van der Waals surface area contributed by atoms with Crippen LogP contribution in [-0.2, 0) is 45.6 Å². The van der Waals surface area contributed by atoms with Gasteiger partial charge in [-0.15, -0.1) is 0 Å². The van der Waals surface area contributed by atoms with Crippen molar-refractivity contribution in [2.24, 2.45) is 0 Å². The van der Waals surface area contributed by atoms with E-state index in [1.807, 2.05) is 106 Å². The van der Waals surface area contributed by atoms with E-state index < -0.39 is 47.0 Å². The molecule has 0 saturated carbocycles. The molecule has 10 rings (SSSR count). The first kappa shape index (κ1) is 62.2. The van der Waals surface area contributed by atoms with Gasteiger partial charge in [0.15, 0.2) is 0 Å². The zero-order valence-corrected chi connectivity index (χ0v) is 48.8. The average Bonchev–Trinajstić information content (AvgIpc) is 2.00. The summed E-state index contributed by atoms with van der Waals surface area (Å²) >= 11 is 0. The first-order chi connectivity index (χ1) is 40.9. The summed E-state index contributed by atoms with van der Waals surface area (Å²) < 4.78 is 49.2. The molecule has 7 aromatic carbocycles. The van der Waals surface area contributed by atoms with E-state index in [0.717, 1.165) is 94.5 Å². The number of ether oxygens (including phenoxy) is 1. The zero-order valence-electron chi connectivity index (χ0n) is 48.8. The number of unbranched alkanes of at least 4 members (excludes halogenated alkanes) is 2. The van der Waals surface area contributed by atoms with Gasteiger partial charge in [-0.05, 0) is 130 Å². The number of Topliss-reactive ketones (excluding diaryl/α,β-unsaturated/α-hetero) is 3. The molecular formula is C70H66F3N3O10. The van der Waals surface area contributed by atoms with E-state index in [1.54, 1.807) is 37.7 Å². The molecule has 0 atom stereocenters. The Morgan fingerprint density at radius 3 is 1.22 bits per heavy atom. The van der Waals surface area contributed by atoms with Gasteiger partial charge >= 0.3 is 24.1 Å². The number of aromatic nitrogens is 3. The molecule has 442 valence electrons. The second kappa shape index (κ2) is 26.4. The van der Waals surface area contributed by atoms with Crippen LogP contribution in [0.4, 0.5) is 13.2 Å². The number of rotatable bonds is 18. The number of hydrogen-bond donors (Lipinski definition) is 3. The van der Waals surface area contributed by atoms with Crippen LogP contribution in [-0.4, -0.2) is 71.4 Å². The van der Waals surface area contributed by atoms with Crippen molar-refractivity contribution in [3.63, 3.8) is 0 Å². The smallest absolute Gasteiger partial charge is 0.416 e. The number of fused-ring (bicyclic) bond motifs is 3. The number of hydrogen-bond acceptors (Lipinski definition) is 7. The van der Waals surface area contributed by atoms with Crippen LogP contribution in [0.15, 0.2) is 170 Å². The van der Waals surface area contributed by atoms with Crippen LogP contribution in [0.3, 0.4) is 0 Å². The minimum absolute atomic E-state index is 0.0753. The fraction of sp³-hybridized carbons (Fsp3) is 0.229. The molecule has 0 spiro atoms. The van der Waals surface area contributed by atoms with Gasteiger partial charge in [0, 0.05) is 70.9 Å². The van der Waals surface area contributed by atoms with Crippen molar-refractivity contribution in [3.05, 3.63) is 209 Å². The summed E-state index contributed by atoms with van der Waals surface area (Å²) in [6, 6.07) is 45.7. The Bertz CT molecular complexity index is 4160. The van der Waals surface area contributed by atoms with Crippen molar-refractivity contribution in [2.75, 3.05) is 7.11 Å². The van der Waals surface area contributed by atoms with Crippen molar-refractivity contribution >= 4 is 68.0 Å². The number of carboxylic acid groups (broad SMARTS) is 3. The molecule has 3 heterocycles. The van der Waals surface area contributed by atoms with E-state index in [9.17, 15) is 47.0 Å². The van der Waals surface area contributed by atoms with Gasteiger partial charge in [-0.2, -0.15) is 13.2 Å². The number of methoxy groups -OCH3 is 1. The number of alkyl halides is 3. The summed E-state index contributed by atoms with van der Waals surface area (Å²) in [4.78, 5) is 70.6. The van der Waals surface area contributed by atoms with Crippen LogP contribution in [0.1, 0.15) is 114 Å². The lowest BCUT2D eigenvalue weighted by Crippen LogP contribution is -2.12. The fourth-order valence-electron chi connectivity index (χ4n) is 10.2. The van der Waals surface area contributed by atoms with E-state index in [4.69, 9.17) is 14.9 Å². The van der Waals surface area contributed by atoms with E-state index >= 15 is 0 Å². The summed E-state index contributed by atoms with van der Waals surface area (Å²) in [5.41, 5.74) is 10.8. The van der Waals surface area contributed by atoms with Gasteiger partial charge < -0.3 is 33.8 Å². The molecule has 0 saturated heterocycles. The van der Waals surface area contributed by atoms with Crippen LogP contribution < -0.4 is 4.74 Å². The van der Waals surface area contributed by atoms with Crippen molar-refractivity contribution < 1.29 is 62.0 Å². The first-order valence-corrected chi connectivity index (χ1v) is 28.1. The molecular weight excluding hydrogens is 1100 g/mol. The standard InChI is InChI=1S/C28H27NO3.C21H18F3NO3.C21H21NO4/c1-18-6-5-7-20(14-18)21-10-13-25-23(15-21)24(26(30)27(31)32)17-29(25)16-19-8-11-22(12-9-19)28(2,3)4;1-2-3-10-25-12-17(19(26)20(27)28)16-11-14(6-9-18(16)25)13-4-7-15(8-5-13)21(22,23)24;1-3-4-11-22-13-18(20(23)21(24)25)17-12-15(7-10-19(17)22)14-5-8-16(26-2)9-6-14/h5-15,17H,16H2,1-4H3,(H,31,32);4-9,11-12H,2-3,10H2,1H3,(H,27,28);5-10,12-13H,3-4,11H2,1-2H3,(H,24,25). The number of benzene rings is 7. The van der Waals surface area contributed by atoms with Gasteiger partial charge in [0.25, 0.3) is 17.3 Å². The summed E-state index contributed by atoms with van der Waals surface area (Å²) in [6.07, 6.45) is 4.23. The predicted molar refractivity (Wildman–Crippen MR) is 328 cm³/mol. The summed E-state index contributed by atoms with van der Waals surface area (Å²) in [5, 5.41) is 29.4. The Morgan fingerprint density at radius 2 is 0.837 bits per heavy atom. The van der Waals surface area contributed by atoms with Crippen LogP contribution in [0.5, 0.6) is 5.75 Å². The maximum atomic E-state index is 12.8. The number of carboxylic acids is 3. The predicted octanol–water partition coefficient (Wildman–Crippen LogP) is 16.0.